The zero-order valence-electron chi connectivity index (χ0n) is 22.1. The zero-order valence-corrected chi connectivity index (χ0v) is 22.1. The van der Waals surface area contributed by atoms with Gasteiger partial charge in [0.15, 0.2) is 0 Å². The number of nitrogens with zero attached hydrogens (tertiary/aromatic N) is 1. The predicted octanol–water partition coefficient (Wildman–Crippen LogP) is 6.28. The van der Waals surface area contributed by atoms with Gasteiger partial charge in [-0.15, -0.1) is 0 Å². The lowest BCUT2D eigenvalue weighted by atomic mass is 9.73. The van der Waals surface area contributed by atoms with Crippen LogP contribution in [0.15, 0.2) is 84.9 Å². The van der Waals surface area contributed by atoms with Crippen LogP contribution in [0, 0.1) is 0 Å². The van der Waals surface area contributed by atoms with Crippen LogP contribution in [-0.4, -0.2) is 38.4 Å². The zero-order chi connectivity index (χ0) is 26.7. The molecule has 0 radical (unpaired) electrons. The van der Waals surface area contributed by atoms with Gasteiger partial charge in [-0.05, 0) is 65.9 Å². The van der Waals surface area contributed by atoms with Gasteiger partial charge in [0, 0.05) is 35.9 Å². The fraction of sp³-hybridized carbons (Fsp3) is 0.265. The molecule has 4 aromatic rings. The van der Waals surface area contributed by atoms with Gasteiger partial charge in [0.25, 0.3) is 0 Å². The van der Waals surface area contributed by atoms with Crippen LogP contribution < -0.4 is 19.1 Å². The van der Waals surface area contributed by atoms with Crippen molar-refractivity contribution in [1.82, 2.24) is 0 Å². The molecule has 8 rings (SSSR count). The number of rotatable bonds is 5. The van der Waals surface area contributed by atoms with Gasteiger partial charge in [-0.2, -0.15) is 0 Å². The minimum Gasteiger partial charge on any atom is -0.493 e. The Kier molecular flexibility index (Phi) is 5.39. The first-order chi connectivity index (χ1) is 19.7. The van der Waals surface area contributed by atoms with Crippen molar-refractivity contribution in [1.29, 1.82) is 0 Å². The number of anilines is 1. The molecular formula is C34H29NO5. The molecule has 0 bridgehead atoms. The number of fused-ring (bicyclic) bond motifs is 5. The first kappa shape index (κ1) is 23.6. The smallest absolute Gasteiger partial charge is 0.245 e. The number of hydrogen-bond donors (Lipinski definition) is 0. The Bertz CT molecular complexity index is 1610. The van der Waals surface area contributed by atoms with Gasteiger partial charge in [0.1, 0.15) is 35.0 Å². The summed E-state index contributed by atoms with van der Waals surface area (Å²) >= 11 is 0. The summed E-state index contributed by atoms with van der Waals surface area (Å²) in [6, 6.07) is 28.2. The van der Waals surface area contributed by atoms with Crippen molar-refractivity contribution in [2.75, 3.05) is 31.3 Å². The van der Waals surface area contributed by atoms with Crippen LogP contribution in [0.5, 0.6) is 23.0 Å². The molecule has 2 atom stereocenters. The molecule has 4 heterocycles. The average Bonchev–Trinajstić information content (AvgIpc) is 3.78. The quantitative estimate of drug-likeness (QED) is 0.303. The van der Waals surface area contributed by atoms with E-state index in [9.17, 15) is 4.79 Å². The highest BCUT2D eigenvalue weighted by Crippen LogP contribution is 2.56. The van der Waals surface area contributed by atoms with Crippen molar-refractivity contribution >= 4 is 11.6 Å². The topological polar surface area (TPSA) is 57.2 Å². The fourth-order valence-electron chi connectivity index (χ4n) is 6.71. The molecule has 0 aromatic heterocycles. The lowest BCUT2D eigenvalue weighted by Crippen LogP contribution is -2.45. The summed E-state index contributed by atoms with van der Waals surface area (Å²) in [6.07, 6.45) is 2.87. The van der Waals surface area contributed by atoms with E-state index in [1.54, 1.807) is 0 Å². The van der Waals surface area contributed by atoms with Crippen LogP contribution in [-0.2, 0) is 21.4 Å². The maximum atomic E-state index is 14.6. The predicted molar refractivity (Wildman–Crippen MR) is 152 cm³/mol. The number of ether oxygens (including phenoxy) is 4. The highest BCUT2D eigenvalue weighted by atomic mass is 16.5. The summed E-state index contributed by atoms with van der Waals surface area (Å²) in [5.74, 6) is 3.22. The molecular weight excluding hydrogens is 502 g/mol. The van der Waals surface area contributed by atoms with Gasteiger partial charge in [0.05, 0.1) is 19.3 Å². The van der Waals surface area contributed by atoms with Crippen molar-refractivity contribution in [2.45, 2.75) is 30.8 Å². The van der Waals surface area contributed by atoms with Crippen LogP contribution in [0.25, 0.3) is 11.1 Å². The Morgan fingerprint density at radius 2 is 1.73 bits per heavy atom. The summed E-state index contributed by atoms with van der Waals surface area (Å²) in [4.78, 5) is 16.6. The van der Waals surface area contributed by atoms with Gasteiger partial charge < -0.3 is 23.8 Å². The molecule has 1 saturated heterocycles. The maximum absolute atomic E-state index is 14.6. The molecule has 4 aromatic carbocycles. The minimum atomic E-state index is -0.920. The van der Waals surface area contributed by atoms with E-state index >= 15 is 0 Å². The maximum Gasteiger partial charge on any atom is 0.245 e. The highest BCUT2D eigenvalue weighted by Gasteiger charge is 2.58. The largest absolute Gasteiger partial charge is 0.493 e. The Hall–Kier alpha value is -4.29. The Morgan fingerprint density at radius 3 is 2.55 bits per heavy atom. The third-order valence-electron chi connectivity index (χ3n) is 8.62. The van der Waals surface area contributed by atoms with Crippen LogP contribution in [0.4, 0.5) is 5.69 Å². The number of amides is 1. The Labute approximate surface area is 233 Å². The van der Waals surface area contributed by atoms with Gasteiger partial charge in [-0.25, -0.2) is 0 Å². The number of para-hydroxylation sites is 1. The van der Waals surface area contributed by atoms with Crippen molar-refractivity contribution in [3.63, 3.8) is 0 Å². The molecule has 4 aliphatic heterocycles. The summed E-state index contributed by atoms with van der Waals surface area (Å²) in [5.41, 5.74) is 5.16. The van der Waals surface area contributed by atoms with E-state index in [-0.39, 0.29) is 18.6 Å². The fourth-order valence-corrected chi connectivity index (χ4v) is 6.71. The van der Waals surface area contributed by atoms with E-state index in [1.165, 1.54) is 0 Å². The van der Waals surface area contributed by atoms with Gasteiger partial charge >= 0.3 is 0 Å². The molecule has 40 heavy (non-hydrogen) atoms. The first-order valence-corrected chi connectivity index (χ1v) is 14.0. The number of carbonyl (C=O) groups is 1. The molecule has 6 nitrogen and oxygen atoms in total. The summed E-state index contributed by atoms with van der Waals surface area (Å²) in [5, 5.41) is 0. The lowest BCUT2D eigenvalue weighted by Gasteiger charge is -2.25. The minimum absolute atomic E-state index is 0.0419. The highest BCUT2D eigenvalue weighted by molar-refractivity contribution is 6.13. The van der Waals surface area contributed by atoms with Crippen LogP contribution in [0.2, 0.25) is 0 Å². The van der Waals surface area contributed by atoms with Crippen molar-refractivity contribution in [3.8, 4) is 34.1 Å². The summed E-state index contributed by atoms with van der Waals surface area (Å²) in [6.45, 7) is 2.22. The van der Waals surface area contributed by atoms with Crippen LogP contribution in [0.1, 0.15) is 29.5 Å². The number of benzene rings is 4. The lowest BCUT2D eigenvalue weighted by molar-refractivity contribution is -0.122. The second-order valence-corrected chi connectivity index (χ2v) is 10.9. The normalized spacial score (nSPS) is 22.1. The van der Waals surface area contributed by atoms with Gasteiger partial charge in [0.2, 0.25) is 5.91 Å². The monoisotopic (exact) mass is 531 g/mol. The van der Waals surface area contributed by atoms with Crippen molar-refractivity contribution in [3.05, 3.63) is 102 Å². The average molecular weight is 532 g/mol. The van der Waals surface area contributed by atoms with Gasteiger partial charge in [-0.3, -0.25) is 4.79 Å². The van der Waals surface area contributed by atoms with Crippen molar-refractivity contribution < 1.29 is 23.7 Å². The second kappa shape index (κ2) is 9.14. The molecule has 6 heteroatoms. The van der Waals surface area contributed by atoms with Gasteiger partial charge in [-0.1, -0.05) is 42.5 Å². The summed E-state index contributed by atoms with van der Waals surface area (Å²) in [7, 11) is 0. The molecule has 0 aliphatic carbocycles. The second-order valence-electron chi connectivity index (χ2n) is 10.9. The molecule has 200 valence electrons. The third kappa shape index (κ3) is 3.56. The molecule has 0 N–H and O–H groups in total. The van der Waals surface area contributed by atoms with Crippen LogP contribution in [0.3, 0.4) is 0 Å². The molecule has 1 fully saturated rings. The van der Waals surface area contributed by atoms with E-state index < -0.39 is 5.41 Å². The molecule has 1 amide bonds. The van der Waals surface area contributed by atoms with E-state index in [4.69, 9.17) is 18.9 Å². The molecule has 1 spiro atoms. The third-order valence-corrected chi connectivity index (χ3v) is 8.62. The molecule has 1 unspecified atom stereocenters. The number of carbonyl (C=O) groups excluding carboxylic acids is 1. The Balaban J connectivity index is 1.26. The van der Waals surface area contributed by atoms with E-state index in [0.717, 1.165) is 82.4 Å². The van der Waals surface area contributed by atoms with Crippen molar-refractivity contribution in [2.24, 2.45) is 0 Å². The molecule has 0 saturated carbocycles. The summed E-state index contributed by atoms with van der Waals surface area (Å²) < 4.78 is 24.2. The Morgan fingerprint density at radius 1 is 0.875 bits per heavy atom. The van der Waals surface area contributed by atoms with E-state index in [1.807, 2.05) is 59.5 Å². The van der Waals surface area contributed by atoms with Crippen LogP contribution >= 0.6 is 0 Å². The SMILES string of the molecule is O=C1N(C[C@H]2CCCO2)c2cccc(-c3ccc(Oc4ccccc4)cc3)c2C12COc1cc3c(cc12)CCO3. The standard InChI is InChI=1S/C34H29NO5/c36-33-34(21-39-31-19-30-23(15-17-38-30)18-28(31)34)32-27(9-4-10-29(32)35(33)20-26-8-5-16-37-26)22-11-13-25(14-12-22)40-24-6-2-1-3-7-24/h1-4,6-7,9-14,18-19,26H,5,8,15-17,20-21H2/t26-,34?/m1/s1. The van der Waals surface area contributed by atoms with E-state index in [2.05, 4.69) is 30.3 Å². The molecule has 4 aliphatic rings. The first-order valence-electron chi connectivity index (χ1n) is 14.0. The number of hydrogen-bond acceptors (Lipinski definition) is 5. The van der Waals surface area contributed by atoms with E-state index in [0.29, 0.717) is 13.2 Å².